The number of fused-ring (bicyclic) bond motifs is 1. The van der Waals surface area contributed by atoms with Gasteiger partial charge in [-0.25, -0.2) is 0 Å². The van der Waals surface area contributed by atoms with Crippen LogP contribution in [0.1, 0.15) is 13.8 Å². The Balaban J connectivity index is 2.40. The lowest BCUT2D eigenvalue weighted by Crippen LogP contribution is -2.25. The molecule has 2 aliphatic heterocycles. The zero-order valence-corrected chi connectivity index (χ0v) is 7.44. The van der Waals surface area contributed by atoms with Gasteiger partial charge in [-0.3, -0.25) is 4.99 Å². The molecule has 2 heterocycles. The Morgan fingerprint density at radius 3 is 3.08 bits per heavy atom. The van der Waals surface area contributed by atoms with Gasteiger partial charge in [0.25, 0.3) is 0 Å². The van der Waals surface area contributed by atoms with Crippen molar-refractivity contribution in [3.8, 4) is 0 Å². The molecule has 2 aliphatic rings. The quantitative estimate of drug-likeness (QED) is 0.519. The average molecular weight is 161 g/mol. The van der Waals surface area contributed by atoms with E-state index in [9.17, 15) is 0 Å². The summed E-state index contributed by atoms with van der Waals surface area (Å²) < 4.78 is 2.26. The molecular formula is C10H13N2+. The van der Waals surface area contributed by atoms with E-state index in [0.29, 0.717) is 12.0 Å². The van der Waals surface area contributed by atoms with Crippen molar-refractivity contribution >= 4 is 11.9 Å². The minimum absolute atomic E-state index is 0.368. The lowest BCUT2D eigenvalue weighted by molar-refractivity contribution is -0.465. The van der Waals surface area contributed by atoms with Crippen molar-refractivity contribution in [2.75, 3.05) is 0 Å². The van der Waals surface area contributed by atoms with Crippen molar-refractivity contribution in [1.82, 2.24) is 0 Å². The number of aliphatic imine (C=N–C) groups is 1. The molecule has 2 rings (SSSR count). The second-order valence-electron chi connectivity index (χ2n) is 3.43. The summed E-state index contributed by atoms with van der Waals surface area (Å²) in [6.07, 6.45) is 10.2. The Labute approximate surface area is 72.6 Å². The van der Waals surface area contributed by atoms with Crippen molar-refractivity contribution in [2.24, 2.45) is 10.9 Å². The van der Waals surface area contributed by atoms with Crippen molar-refractivity contribution in [1.29, 1.82) is 0 Å². The first-order valence-electron chi connectivity index (χ1n) is 4.32. The fourth-order valence-electron chi connectivity index (χ4n) is 1.59. The number of hydrogen-bond acceptors (Lipinski definition) is 1. The Morgan fingerprint density at radius 2 is 2.33 bits per heavy atom. The molecule has 0 radical (unpaired) electrons. The highest BCUT2D eigenvalue weighted by Crippen LogP contribution is 2.12. The normalized spacial score (nSPS) is 25.8. The third-order valence-corrected chi connectivity index (χ3v) is 2.23. The van der Waals surface area contributed by atoms with Gasteiger partial charge in [0.2, 0.25) is 6.04 Å². The molecule has 0 aliphatic carbocycles. The molecule has 1 unspecified atom stereocenters. The van der Waals surface area contributed by atoms with E-state index in [1.165, 1.54) is 5.71 Å². The molecule has 0 N–H and O–H groups in total. The van der Waals surface area contributed by atoms with Crippen LogP contribution >= 0.6 is 0 Å². The lowest BCUT2D eigenvalue weighted by atomic mass is 10.1. The molecule has 0 saturated carbocycles. The van der Waals surface area contributed by atoms with Crippen LogP contribution in [0.3, 0.4) is 0 Å². The smallest absolute Gasteiger partial charge is 0.212 e. The van der Waals surface area contributed by atoms with E-state index in [4.69, 9.17) is 0 Å². The Hall–Kier alpha value is -1.18. The zero-order valence-electron chi connectivity index (χ0n) is 7.44. The Bertz CT molecular complexity index is 306. The van der Waals surface area contributed by atoms with Crippen molar-refractivity contribution < 1.29 is 4.58 Å². The molecule has 0 spiro atoms. The standard InChI is InChI=1S/C10H13N2/c1-8(2)10-4-3-9-7-11-5-6-12(9)10/h3-9H,1-2H3/q+1. The first-order chi connectivity index (χ1) is 5.79. The second kappa shape index (κ2) is 2.70. The van der Waals surface area contributed by atoms with Gasteiger partial charge in [-0.15, -0.1) is 0 Å². The highest BCUT2D eigenvalue weighted by molar-refractivity contribution is 5.95. The Kier molecular flexibility index (Phi) is 1.68. The third-order valence-electron chi connectivity index (χ3n) is 2.23. The number of hydrogen-bond donors (Lipinski definition) is 0. The van der Waals surface area contributed by atoms with E-state index in [2.05, 4.69) is 35.6 Å². The van der Waals surface area contributed by atoms with Crippen molar-refractivity contribution in [3.63, 3.8) is 0 Å². The van der Waals surface area contributed by atoms with Gasteiger partial charge in [-0.05, 0) is 6.08 Å². The van der Waals surface area contributed by atoms with E-state index in [-0.39, 0.29) is 0 Å². The second-order valence-corrected chi connectivity index (χ2v) is 3.43. The number of nitrogens with zero attached hydrogens (tertiary/aromatic N) is 2. The highest BCUT2D eigenvalue weighted by Gasteiger charge is 2.27. The first-order valence-corrected chi connectivity index (χ1v) is 4.32. The number of rotatable bonds is 1. The molecule has 62 valence electrons. The van der Waals surface area contributed by atoms with E-state index in [1.807, 2.05) is 18.6 Å². The summed E-state index contributed by atoms with van der Waals surface area (Å²) in [5.41, 5.74) is 1.38. The maximum atomic E-state index is 4.10. The summed E-state index contributed by atoms with van der Waals surface area (Å²) >= 11 is 0. The molecule has 12 heavy (non-hydrogen) atoms. The molecule has 0 aromatic heterocycles. The minimum Gasteiger partial charge on any atom is -0.256 e. The van der Waals surface area contributed by atoms with E-state index >= 15 is 0 Å². The van der Waals surface area contributed by atoms with Crippen molar-refractivity contribution in [3.05, 3.63) is 24.6 Å². The topological polar surface area (TPSA) is 15.4 Å². The van der Waals surface area contributed by atoms with E-state index in [0.717, 1.165) is 0 Å². The molecule has 2 heteroatoms. The zero-order chi connectivity index (χ0) is 8.55. The van der Waals surface area contributed by atoms with Crippen LogP contribution in [-0.2, 0) is 0 Å². The third kappa shape index (κ3) is 1.04. The Morgan fingerprint density at radius 1 is 1.50 bits per heavy atom. The van der Waals surface area contributed by atoms with Gasteiger partial charge in [-0.1, -0.05) is 13.8 Å². The van der Waals surface area contributed by atoms with Gasteiger partial charge in [0.05, 0.1) is 12.4 Å². The highest BCUT2D eigenvalue weighted by atomic mass is 15.1. The monoisotopic (exact) mass is 161 g/mol. The van der Waals surface area contributed by atoms with Crippen LogP contribution in [0.15, 0.2) is 29.5 Å². The van der Waals surface area contributed by atoms with Gasteiger partial charge in [-0.2, -0.15) is 4.58 Å². The fraction of sp³-hybridized carbons (Fsp3) is 0.400. The number of allylic oxidation sites excluding steroid dienone is 1. The van der Waals surface area contributed by atoms with Gasteiger partial charge < -0.3 is 0 Å². The fourth-order valence-corrected chi connectivity index (χ4v) is 1.59. The molecule has 0 bridgehead atoms. The van der Waals surface area contributed by atoms with E-state index in [1.54, 1.807) is 0 Å². The maximum absolute atomic E-state index is 4.10. The molecule has 0 aromatic carbocycles. The summed E-state index contributed by atoms with van der Waals surface area (Å²) in [5, 5.41) is 0. The maximum Gasteiger partial charge on any atom is 0.212 e. The van der Waals surface area contributed by atoms with Crippen LogP contribution in [0.5, 0.6) is 0 Å². The van der Waals surface area contributed by atoms with Gasteiger partial charge in [0.15, 0.2) is 11.9 Å². The molecule has 0 aromatic rings. The summed E-state index contributed by atoms with van der Waals surface area (Å²) in [6, 6.07) is 0.368. The molecule has 0 amide bonds. The van der Waals surface area contributed by atoms with Crippen LogP contribution < -0.4 is 0 Å². The van der Waals surface area contributed by atoms with Crippen molar-refractivity contribution in [2.45, 2.75) is 19.9 Å². The van der Waals surface area contributed by atoms with Crippen LogP contribution in [-0.4, -0.2) is 22.5 Å². The van der Waals surface area contributed by atoms with Crippen LogP contribution in [0.25, 0.3) is 0 Å². The lowest BCUT2D eigenvalue weighted by Gasteiger charge is -2.06. The van der Waals surface area contributed by atoms with Gasteiger partial charge >= 0.3 is 0 Å². The predicted molar refractivity (Wildman–Crippen MR) is 50.7 cm³/mol. The minimum atomic E-state index is 0.368. The van der Waals surface area contributed by atoms with Crippen LogP contribution in [0.2, 0.25) is 0 Å². The summed E-state index contributed by atoms with van der Waals surface area (Å²) in [7, 11) is 0. The molecule has 0 saturated heterocycles. The first kappa shape index (κ1) is 7.47. The largest absolute Gasteiger partial charge is 0.256 e. The SMILES string of the molecule is CC(C)C1=[N+]2C=CN=CC2C=C1. The van der Waals surface area contributed by atoms with Gasteiger partial charge in [0.1, 0.15) is 0 Å². The van der Waals surface area contributed by atoms with Crippen LogP contribution in [0, 0.1) is 5.92 Å². The molecule has 0 fully saturated rings. The molecular weight excluding hydrogens is 148 g/mol. The molecule has 2 nitrogen and oxygen atoms in total. The summed E-state index contributed by atoms with van der Waals surface area (Å²) in [6.45, 7) is 4.42. The summed E-state index contributed by atoms with van der Waals surface area (Å²) in [5.74, 6) is 0.586. The average Bonchev–Trinajstić information content (AvgIpc) is 2.47. The van der Waals surface area contributed by atoms with Gasteiger partial charge in [0, 0.05) is 12.0 Å². The van der Waals surface area contributed by atoms with E-state index < -0.39 is 0 Å². The molecule has 1 atom stereocenters. The summed E-state index contributed by atoms with van der Waals surface area (Å²) in [4.78, 5) is 4.10. The van der Waals surface area contributed by atoms with Crippen LogP contribution in [0.4, 0.5) is 0 Å². The predicted octanol–water partition coefficient (Wildman–Crippen LogP) is 1.59.